The number of pyridine rings is 1. The Hall–Kier alpha value is -1.46. The van der Waals surface area contributed by atoms with Gasteiger partial charge < -0.3 is 10.1 Å². The van der Waals surface area contributed by atoms with Gasteiger partial charge in [-0.05, 0) is 19.1 Å². The van der Waals surface area contributed by atoms with Crippen molar-refractivity contribution >= 4 is 11.3 Å². The topological polar surface area (TPSA) is 47.0 Å². The number of rotatable bonds is 6. The van der Waals surface area contributed by atoms with Crippen LogP contribution in [0.25, 0.3) is 0 Å². The second-order valence-electron chi connectivity index (χ2n) is 4.64. The molecule has 0 unspecified atom stereocenters. The van der Waals surface area contributed by atoms with Crippen LogP contribution in [-0.2, 0) is 13.2 Å². The molecule has 2 aromatic rings. The molecule has 0 fully saturated rings. The molecule has 2 heterocycles. The smallest absolute Gasteiger partial charge is 0.141 e. The van der Waals surface area contributed by atoms with Crippen molar-refractivity contribution in [3.8, 4) is 5.75 Å². The average Bonchev–Trinajstić information content (AvgIpc) is 2.83. The fourth-order valence-electron chi connectivity index (χ4n) is 1.56. The fourth-order valence-corrected chi connectivity index (χ4v) is 2.29. The molecule has 0 saturated heterocycles. The van der Waals surface area contributed by atoms with E-state index in [9.17, 15) is 0 Å². The summed E-state index contributed by atoms with van der Waals surface area (Å²) in [7, 11) is 0. The van der Waals surface area contributed by atoms with Crippen LogP contribution in [0.2, 0.25) is 0 Å². The molecule has 2 rings (SSSR count). The Morgan fingerprint density at radius 2 is 2.26 bits per heavy atom. The zero-order valence-corrected chi connectivity index (χ0v) is 12.3. The van der Waals surface area contributed by atoms with Gasteiger partial charge in [0.25, 0.3) is 0 Å². The van der Waals surface area contributed by atoms with Gasteiger partial charge in [-0.2, -0.15) is 0 Å². The second kappa shape index (κ2) is 6.63. The maximum absolute atomic E-state index is 5.72. The van der Waals surface area contributed by atoms with Gasteiger partial charge in [-0.3, -0.25) is 4.98 Å². The number of hydrogen-bond acceptors (Lipinski definition) is 5. The Morgan fingerprint density at radius 3 is 3.00 bits per heavy atom. The first-order valence-corrected chi connectivity index (χ1v) is 7.24. The molecule has 102 valence electrons. The largest absolute Gasteiger partial charge is 0.485 e. The second-order valence-corrected chi connectivity index (χ2v) is 5.59. The van der Waals surface area contributed by atoms with Gasteiger partial charge in [-0.1, -0.05) is 13.8 Å². The fraction of sp³-hybridized carbons (Fsp3) is 0.429. The van der Waals surface area contributed by atoms with Crippen molar-refractivity contribution in [3.63, 3.8) is 0 Å². The van der Waals surface area contributed by atoms with Crippen LogP contribution < -0.4 is 10.1 Å². The third-order valence-corrected chi connectivity index (χ3v) is 3.49. The molecule has 5 heteroatoms. The maximum atomic E-state index is 5.72. The minimum absolute atomic E-state index is 0.474. The summed E-state index contributed by atoms with van der Waals surface area (Å²) in [6.07, 6.45) is 1.76. The van der Waals surface area contributed by atoms with E-state index < -0.39 is 0 Å². The molecular formula is C14H19N3OS. The molecule has 0 aliphatic carbocycles. The predicted molar refractivity (Wildman–Crippen MR) is 77.4 cm³/mol. The summed E-state index contributed by atoms with van der Waals surface area (Å²) in [6, 6.07) is 4.28. The lowest BCUT2D eigenvalue weighted by Crippen LogP contribution is -2.21. The van der Waals surface area contributed by atoms with Gasteiger partial charge in [0, 0.05) is 24.2 Å². The van der Waals surface area contributed by atoms with E-state index in [1.807, 2.05) is 24.4 Å². The van der Waals surface area contributed by atoms with Crippen molar-refractivity contribution in [1.29, 1.82) is 0 Å². The van der Waals surface area contributed by atoms with Crippen LogP contribution >= 0.6 is 11.3 Å². The molecule has 0 spiro atoms. The van der Waals surface area contributed by atoms with Crippen LogP contribution in [0.1, 0.15) is 30.2 Å². The van der Waals surface area contributed by atoms with Crippen molar-refractivity contribution in [2.75, 3.05) is 0 Å². The van der Waals surface area contributed by atoms with Crippen LogP contribution in [0.15, 0.2) is 23.7 Å². The summed E-state index contributed by atoms with van der Waals surface area (Å²) >= 11 is 1.66. The Balaban J connectivity index is 1.88. The number of thiazole rings is 1. The first kappa shape index (κ1) is 14.0. The van der Waals surface area contributed by atoms with Gasteiger partial charge in [-0.25, -0.2) is 4.98 Å². The lowest BCUT2D eigenvalue weighted by molar-refractivity contribution is 0.298. The Kier molecular flexibility index (Phi) is 4.87. The van der Waals surface area contributed by atoms with Crippen LogP contribution in [0, 0.1) is 6.92 Å². The van der Waals surface area contributed by atoms with Gasteiger partial charge in [-0.15, -0.1) is 11.3 Å². The highest BCUT2D eigenvalue weighted by Gasteiger charge is 2.05. The molecular weight excluding hydrogens is 258 g/mol. The monoisotopic (exact) mass is 277 g/mol. The Bertz CT molecular complexity index is 525. The van der Waals surface area contributed by atoms with Gasteiger partial charge in [0.05, 0.1) is 11.4 Å². The van der Waals surface area contributed by atoms with Crippen LogP contribution in [-0.4, -0.2) is 16.0 Å². The standard InChI is InChI=1S/C14H19N3OS/c1-10(2)16-7-14-17-12(9-19-14)8-18-13-5-4-6-15-11(13)3/h4-6,9-10,16H,7-8H2,1-3H3. The van der Waals surface area contributed by atoms with E-state index in [0.29, 0.717) is 12.6 Å². The average molecular weight is 277 g/mol. The van der Waals surface area contributed by atoms with Crippen molar-refractivity contribution in [2.24, 2.45) is 0 Å². The maximum Gasteiger partial charge on any atom is 0.141 e. The summed E-state index contributed by atoms with van der Waals surface area (Å²) in [5, 5.41) is 6.49. The number of aryl methyl sites for hydroxylation is 1. The summed E-state index contributed by atoms with van der Waals surface area (Å²) in [6.45, 7) is 7.50. The highest BCUT2D eigenvalue weighted by molar-refractivity contribution is 7.09. The zero-order chi connectivity index (χ0) is 13.7. The number of nitrogens with zero attached hydrogens (tertiary/aromatic N) is 2. The number of hydrogen-bond donors (Lipinski definition) is 1. The minimum Gasteiger partial charge on any atom is -0.485 e. The lowest BCUT2D eigenvalue weighted by atomic mass is 10.3. The number of nitrogens with one attached hydrogen (secondary N) is 1. The summed E-state index contributed by atoms with van der Waals surface area (Å²) in [5.74, 6) is 0.817. The molecule has 2 aromatic heterocycles. The molecule has 4 nitrogen and oxygen atoms in total. The van der Waals surface area contributed by atoms with Crippen LogP contribution in [0.4, 0.5) is 0 Å². The lowest BCUT2D eigenvalue weighted by Gasteiger charge is -2.06. The SMILES string of the molecule is Cc1ncccc1OCc1csc(CNC(C)C)n1. The quantitative estimate of drug-likeness (QED) is 0.882. The first-order valence-electron chi connectivity index (χ1n) is 6.36. The molecule has 0 bridgehead atoms. The molecule has 0 amide bonds. The molecule has 0 aliphatic heterocycles. The van der Waals surface area contributed by atoms with Crippen molar-refractivity contribution < 1.29 is 4.74 Å². The Labute approximate surface area is 117 Å². The molecule has 0 atom stereocenters. The predicted octanol–water partition coefficient (Wildman–Crippen LogP) is 2.92. The molecule has 19 heavy (non-hydrogen) atoms. The summed E-state index contributed by atoms with van der Waals surface area (Å²) < 4.78 is 5.72. The van der Waals surface area contributed by atoms with E-state index in [4.69, 9.17) is 4.74 Å². The normalized spacial score (nSPS) is 10.9. The molecule has 0 aliphatic rings. The van der Waals surface area contributed by atoms with Crippen LogP contribution in [0.5, 0.6) is 5.75 Å². The van der Waals surface area contributed by atoms with E-state index in [2.05, 4.69) is 29.1 Å². The van der Waals surface area contributed by atoms with Gasteiger partial charge >= 0.3 is 0 Å². The summed E-state index contributed by atoms with van der Waals surface area (Å²) in [5.41, 5.74) is 1.87. The Morgan fingerprint density at radius 1 is 1.42 bits per heavy atom. The third kappa shape index (κ3) is 4.29. The molecule has 1 N–H and O–H groups in total. The third-order valence-electron chi connectivity index (χ3n) is 2.59. The van der Waals surface area contributed by atoms with Crippen LogP contribution in [0.3, 0.4) is 0 Å². The highest BCUT2D eigenvalue weighted by atomic mass is 32.1. The highest BCUT2D eigenvalue weighted by Crippen LogP contribution is 2.17. The van der Waals surface area contributed by atoms with Crippen molar-refractivity contribution in [3.05, 3.63) is 40.1 Å². The minimum atomic E-state index is 0.474. The zero-order valence-electron chi connectivity index (χ0n) is 11.5. The van der Waals surface area contributed by atoms with Gasteiger partial charge in [0.15, 0.2) is 0 Å². The van der Waals surface area contributed by atoms with E-state index in [0.717, 1.165) is 28.7 Å². The van der Waals surface area contributed by atoms with E-state index in [-0.39, 0.29) is 0 Å². The summed E-state index contributed by atoms with van der Waals surface area (Å²) in [4.78, 5) is 8.73. The van der Waals surface area contributed by atoms with Crippen molar-refractivity contribution in [1.82, 2.24) is 15.3 Å². The van der Waals surface area contributed by atoms with E-state index in [1.54, 1.807) is 17.5 Å². The number of ether oxygens (including phenoxy) is 1. The molecule has 0 saturated carbocycles. The van der Waals surface area contributed by atoms with E-state index in [1.165, 1.54) is 0 Å². The molecule has 0 aromatic carbocycles. The van der Waals surface area contributed by atoms with E-state index >= 15 is 0 Å². The molecule has 0 radical (unpaired) electrons. The first-order chi connectivity index (χ1) is 9.15. The van der Waals surface area contributed by atoms with Crippen molar-refractivity contribution in [2.45, 2.75) is 40.0 Å². The van der Waals surface area contributed by atoms with Gasteiger partial charge in [0.1, 0.15) is 17.4 Å². The number of aromatic nitrogens is 2. The van der Waals surface area contributed by atoms with Gasteiger partial charge in [0.2, 0.25) is 0 Å².